The minimum Gasteiger partial charge on any atom is -0.314 e. The van der Waals surface area contributed by atoms with Crippen LogP contribution in [0.25, 0.3) is 0 Å². The maximum Gasteiger partial charge on any atom is 0.250 e. The van der Waals surface area contributed by atoms with E-state index in [0.717, 1.165) is 4.48 Å². The van der Waals surface area contributed by atoms with Crippen LogP contribution in [-0.2, 0) is 4.79 Å². The van der Waals surface area contributed by atoms with Crippen molar-refractivity contribution in [2.75, 3.05) is 27.8 Å². The second kappa shape index (κ2) is 5.17. The lowest BCUT2D eigenvalue weighted by molar-refractivity contribution is -0.872. The van der Waals surface area contributed by atoms with E-state index in [1.807, 2.05) is 21.1 Å². The van der Waals surface area contributed by atoms with Gasteiger partial charge >= 0.3 is 0 Å². The summed E-state index contributed by atoms with van der Waals surface area (Å²) in [6.45, 7) is 5.87. The maximum atomic E-state index is 11.0. The molecular formula is C8H18ClN2O+. The van der Waals surface area contributed by atoms with E-state index < -0.39 is 0 Å². The SMILES string of the molecule is C=C(C)C(=O)NC[N+](C)(C)C.Cl. The molecule has 3 nitrogen and oxygen atoms in total. The molecule has 0 heterocycles. The molecule has 1 amide bonds. The first-order valence-electron chi connectivity index (χ1n) is 3.57. The standard InChI is InChI=1S/C8H16N2O.ClH/c1-7(2)8(11)9-6-10(3,4)5;/h1,6H2,2-5H3;1H/p+1. The summed E-state index contributed by atoms with van der Waals surface area (Å²) in [5, 5.41) is 2.76. The van der Waals surface area contributed by atoms with E-state index in [2.05, 4.69) is 11.9 Å². The molecule has 0 unspecified atom stereocenters. The van der Waals surface area contributed by atoms with Crippen LogP contribution in [0, 0.1) is 0 Å². The highest BCUT2D eigenvalue weighted by molar-refractivity contribution is 5.91. The molecule has 0 aromatic rings. The van der Waals surface area contributed by atoms with E-state index in [9.17, 15) is 4.79 Å². The Bertz CT molecular complexity index is 172. The van der Waals surface area contributed by atoms with Gasteiger partial charge < -0.3 is 9.80 Å². The third-order valence-electron chi connectivity index (χ3n) is 1.10. The summed E-state index contributed by atoms with van der Waals surface area (Å²) >= 11 is 0. The van der Waals surface area contributed by atoms with Crippen molar-refractivity contribution in [3.63, 3.8) is 0 Å². The van der Waals surface area contributed by atoms with E-state index in [1.165, 1.54) is 0 Å². The molecule has 0 aliphatic heterocycles. The van der Waals surface area contributed by atoms with Crippen LogP contribution in [0.3, 0.4) is 0 Å². The minimum atomic E-state index is -0.0712. The Morgan fingerprint density at radius 3 is 2.08 bits per heavy atom. The Balaban J connectivity index is 0. The van der Waals surface area contributed by atoms with Gasteiger partial charge in [0.2, 0.25) is 0 Å². The molecule has 0 saturated carbocycles. The topological polar surface area (TPSA) is 29.1 Å². The molecule has 72 valence electrons. The smallest absolute Gasteiger partial charge is 0.250 e. The third-order valence-corrected chi connectivity index (χ3v) is 1.10. The van der Waals surface area contributed by atoms with Crippen LogP contribution >= 0.6 is 12.4 Å². The van der Waals surface area contributed by atoms with Crippen molar-refractivity contribution in [2.24, 2.45) is 0 Å². The predicted octanol–water partition coefficient (Wildman–Crippen LogP) is 0.764. The Morgan fingerprint density at radius 1 is 1.42 bits per heavy atom. The predicted molar refractivity (Wildman–Crippen MR) is 53.1 cm³/mol. The van der Waals surface area contributed by atoms with Crippen LogP contribution in [0.2, 0.25) is 0 Å². The molecule has 0 aliphatic rings. The molecular weight excluding hydrogens is 176 g/mol. The molecule has 12 heavy (non-hydrogen) atoms. The Labute approximate surface area is 80.4 Å². The van der Waals surface area contributed by atoms with E-state index in [1.54, 1.807) is 6.92 Å². The van der Waals surface area contributed by atoms with Crippen molar-refractivity contribution >= 4 is 18.3 Å². The Kier molecular flexibility index (Phi) is 6.03. The fraction of sp³-hybridized carbons (Fsp3) is 0.625. The van der Waals surface area contributed by atoms with Crippen molar-refractivity contribution in [2.45, 2.75) is 6.92 Å². The number of carbonyl (C=O) groups excluding carboxylic acids is 1. The second-order valence-electron chi connectivity index (χ2n) is 3.73. The average Bonchev–Trinajstić information content (AvgIpc) is 1.80. The van der Waals surface area contributed by atoms with Crippen molar-refractivity contribution in [3.05, 3.63) is 12.2 Å². The van der Waals surface area contributed by atoms with Gasteiger partial charge in [0.05, 0.1) is 21.1 Å². The zero-order valence-electron chi connectivity index (χ0n) is 8.18. The van der Waals surface area contributed by atoms with Crippen molar-refractivity contribution in [1.29, 1.82) is 0 Å². The van der Waals surface area contributed by atoms with Crippen molar-refractivity contribution in [1.82, 2.24) is 5.32 Å². The first-order chi connectivity index (χ1) is 4.83. The fourth-order valence-electron chi connectivity index (χ4n) is 0.460. The lowest BCUT2D eigenvalue weighted by atomic mass is 10.3. The highest BCUT2D eigenvalue weighted by Gasteiger charge is 2.08. The summed E-state index contributed by atoms with van der Waals surface area (Å²) in [6.07, 6.45) is 0. The van der Waals surface area contributed by atoms with Crippen LogP contribution < -0.4 is 5.32 Å². The summed E-state index contributed by atoms with van der Waals surface area (Å²) in [7, 11) is 6.04. The lowest BCUT2D eigenvalue weighted by Crippen LogP contribution is -2.45. The van der Waals surface area contributed by atoms with Crippen LogP contribution in [0.5, 0.6) is 0 Å². The highest BCUT2D eigenvalue weighted by atomic mass is 35.5. The second-order valence-corrected chi connectivity index (χ2v) is 3.73. The third kappa shape index (κ3) is 7.57. The largest absolute Gasteiger partial charge is 0.314 e. The molecule has 0 aromatic heterocycles. The van der Waals surface area contributed by atoms with Gasteiger partial charge in [0.1, 0.15) is 0 Å². The van der Waals surface area contributed by atoms with Crippen LogP contribution in [0.4, 0.5) is 0 Å². The van der Waals surface area contributed by atoms with E-state index in [4.69, 9.17) is 0 Å². The van der Waals surface area contributed by atoms with E-state index in [0.29, 0.717) is 12.2 Å². The van der Waals surface area contributed by atoms with Crippen molar-refractivity contribution < 1.29 is 9.28 Å². The molecule has 0 bridgehead atoms. The van der Waals surface area contributed by atoms with Gasteiger partial charge in [-0.05, 0) is 6.92 Å². The van der Waals surface area contributed by atoms with Gasteiger partial charge in [-0.15, -0.1) is 12.4 Å². The Hall–Kier alpha value is -0.540. The molecule has 0 aliphatic carbocycles. The summed E-state index contributed by atoms with van der Waals surface area (Å²) in [6, 6.07) is 0. The number of hydrogen-bond acceptors (Lipinski definition) is 1. The first kappa shape index (κ1) is 14.0. The van der Waals surface area contributed by atoms with Gasteiger partial charge in [-0.1, -0.05) is 6.58 Å². The summed E-state index contributed by atoms with van der Waals surface area (Å²) < 4.78 is 0.721. The average molecular weight is 194 g/mol. The number of hydrogen-bond donors (Lipinski definition) is 1. The number of rotatable bonds is 3. The van der Waals surface area contributed by atoms with Gasteiger partial charge in [0.25, 0.3) is 5.91 Å². The van der Waals surface area contributed by atoms with Crippen molar-refractivity contribution in [3.8, 4) is 0 Å². The van der Waals surface area contributed by atoms with Gasteiger partial charge in [0.15, 0.2) is 6.67 Å². The first-order valence-corrected chi connectivity index (χ1v) is 3.57. The van der Waals surface area contributed by atoms with Gasteiger partial charge in [-0.2, -0.15) is 0 Å². The molecule has 0 rings (SSSR count). The van der Waals surface area contributed by atoms with Gasteiger partial charge in [-0.25, -0.2) is 0 Å². The van der Waals surface area contributed by atoms with Crippen LogP contribution in [0.15, 0.2) is 12.2 Å². The molecule has 0 aromatic carbocycles. The number of carbonyl (C=O) groups is 1. The van der Waals surface area contributed by atoms with Gasteiger partial charge in [-0.3, -0.25) is 4.79 Å². The van der Waals surface area contributed by atoms with E-state index in [-0.39, 0.29) is 18.3 Å². The zero-order chi connectivity index (χ0) is 9.07. The van der Waals surface area contributed by atoms with E-state index >= 15 is 0 Å². The number of halogens is 1. The fourth-order valence-corrected chi connectivity index (χ4v) is 0.460. The Morgan fingerprint density at radius 2 is 1.83 bits per heavy atom. The summed E-state index contributed by atoms with van der Waals surface area (Å²) in [4.78, 5) is 11.0. The normalized spacial score (nSPS) is 10.0. The maximum absolute atomic E-state index is 11.0. The number of amides is 1. The van der Waals surface area contributed by atoms with Crippen LogP contribution in [-0.4, -0.2) is 38.2 Å². The molecule has 1 N–H and O–H groups in total. The summed E-state index contributed by atoms with van der Waals surface area (Å²) in [5.74, 6) is -0.0712. The number of nitrogens with zero attached hydrogens (tertiary/aromatic N) is 1. The molecule has 4 heteroatoms. The lowest BCUT2D eigenvalue weighted by Gasteiger charge is -2.23. The zero-order valence-corrected chi connectivity index (χ0v) is 8.99. The molecule has 0 atom stereocenters. The molecule has 0 spiro atoms. The quantitative estimate of drug-likeness (QED) is 0.401. The molecule has 0 fully saturated rings. The minimum absolute atomic E-state index is 0. The van der Waals surface area contributed by atoms with Crippen LogP contribution in [0.1, 0.15) is 6.92 Å². The summed E-state index contributed by atoms with van der Waals surface area (Å²) in [5.41, 5.74) is 0.554. The monoisotopic (exact) mass is 193 g/mol. The number of quaternary nitrogens is 1. The molecule has 0 radical (unpaired) electrons. The molecule has 0 saturated heterocycles. The van der Waals surface area contributed by atoms with Gasteiger partial charge in [0, 0.05) is 5.57 Å². The highest BCUT2D eigenvalue weighted by Crippen LogP contribution is 1.89. The number of nitrogens with one attached hydrogen (secondary N) is 1.